The Labute approximate surface area is 154 Å². The minimum Gasteiger partial charge on any atom is -0.355 e. The number of sulfonamides is 1. The standard InChI is InChI=1S/C20H23FN2O2S/c1-15-12-16(2)14-23(13-15)20(17-6-4-3-5-7-17)22-26(24,25)19-10-8-18(21)9-11-19/h3-11,15-16H,12-14H2,1-2H3/b22-20-. The van der Waals surface area contributed by atoms with Crippen LogP contribution in [-0.4, -0.2) is 32.2 Å². The first-order valence-electron chi connectivity index (χ1n) is 8.76. The average molecular weight is 374 g/mol. The second-order valence-corrected chi connectivity index (χ2v) is 8.67. The molecule has 0 saturated carbocycles. The molecule has 3 rings (SSSR count). The molecule has 138 valence electrons. The molecule has 1 aliphatic heterocycles. The average Bonchev–Trinajstić information content (AvgIpc) is 2.60. The van der Waals surface area contributed by atoms with Crippen LogP contribution >= 0.6 is 0 Å². The Kier molecular flexibility index (Phi) is 5.41. The van der Waals surface area contributed by atoms with E-state index in [4.69, 9.17) is 0 Å². The monoisotopic (exact) mass is 374 g/mol. The van der Waals surface area contributed by atoms with Gasteiger partial charge in [0.15, 0.2) is 0 Å². The molecule has 1 aliphatic rings. The van der Waals surface area contributed by atoms with Gasteiger partial charge in [0, 0.05) is 18.7 Å². The van der Waals surface area contributed by atoms with Gasteiger partial charge in [-0.15, -0.1) is 4.40 Å². The lowest BCUT2D eigenvalue weighted by molar-refractivity contribution is 0.214. The molecule has 1 saturated heterocycles. The molecule has 26 heavy (non-hydrogen) atoms. The fourth-order valence-corrected chi connectivity index (χ4v) is 4.52. The lowest BCUT2D eigenvalue weighted by atomic mass is 9.91. The summed E-state index contributed by atoms with van der Waals surface area (Å²) in [6.45, 7) is 5.85. The molecule has 4 nitrogen and oxygen atoms in total. The van der Waals surface area contributed by atoms with Crippen LogP contribution < -0.4 is 0 Å². The lowest BCUT2D eigenvalue weighted by Crippen LogP contribution is -2.43. The first-order chi connectivity index (χ1) is 12.3. The first kappa shape index (κ1) is 18.6. The normalized spacial score (nSPS) is 21.7. The Morgan fingerprint density at radius 2 is 1.58 bits per heavy atom. The highest BCUT2D eigenvalue weighted by molar-refractivity contribution is 7.90. The summed E-state index contributed by atoms with van der Waals surface area (Å²) < 4.78 is 42.9. The van der Waals surface area contributed by atoms with E-state index in [1.165, 1.54) is 12.1 Å². The van der Waals surface area contributed by atoms with Gasteiger partial charge in [-0.2, -0.15) is 8.42 Å². The molecule has 0 aromatic heterocycles. The summed E-state index contributed by atoms with van der Waals surface area (Å²) in [7, 11) is -3.93. The lowest BCUT2D eigenvalue weighted by Gasteiger charge is -2.37. The Morgan fingerprint density at radius 3 is 2.15 bits per heavy atom. The molecule has 2 aromatic carbocycles. The first-order valence-corrected chi connectivity index (χ1v) is 10.2. The van der Waals surface area contributed by atoms with Gasteiger partial charge in [0.05, 0.1) is 4.90 Å². The summed E-state index contributed by atoms with van der Waals surface area (Å²) in [6, 6.07) is 14.1. The van der Waals surface area contributed by atoms with Crippen molar-refractivity contribution < 1.29 is 12.8 Å². The molecule has 0 amide bonds. The van der Waals surface area contributed by atoms with Crippen molar-refractivity contribution in [2.75, 3.05) is 13.1 Å². The SMILES string of the molecule is CC1CC(C)CN(/C(=N\S(=O)(=O)c2ccc(F)cc2)c2ccccc2)C1. The predicted molar refractivity (Wildman–Crippen MR) is 101 cm³/mol. The maximum absolute atomic E-state index is 13.1. The van der Waals surface area contributed by atoms with E-state index in [9.17, 15) is 12.8 Å². The van der Waals surface area contributed by atoms with Gasteiger partial charge in [-0.25, -0.2) is 4.39 Å². The van der Waals surface area contributed by atoms with E-state index < -0.39 is 15.8 Å². The van der Waals surface area contributed by atoms with Crippen molar-refractivity contribution in [2.24, 2.45) is 16.2 Å². The van der Waals surface area contributed by atoms with Gasteiger partial charge >= 0.3 is 0 Å². The highest BCUT2D eigenvalue weighted by Crippen LogP contribution is 2.24. The van der Waals surface area contributed by atoms with Crippen LogP contribution in [0.1, 0.15) is 25.8 Å². The van der Waals surface area contributed by atoms with Gasteiger partial charge in [0.2, 0.25) is 0 Å². The molecule has 2 atom stereocenters. The molecule has 2 aromatic rings. The van der Waals surface area contributed by atoms with Crippen molar-refractivity contribution >= 4 is 15.9 Å². The van der Waals surface area contributed by atoms with Crippen molar-refractivity contribution in [3.63, 3.8) is 0 Å². The largest absolute Gasteiger partial charge is 0.355 e. The Balaban J connectivity index is 2.05. The quantitative estimate of drug-likeness (QED) is 0.604. The maximum atomic E-state index is 13.1. The third kappa shape index (κ3) is 4.30. The zero-order valence-electron chi connectivity index (χ0n) is 15.0. The van der Waals surface area contributed by atoms with Crippen molar-refractivity contribution in [2.45, 2.75) is 25.2 Å². The number of rotatable bonds is 3. The van der Waals surface area contributed by atoms with E-state index in [1.807, 2.05) is 30.3 Å². The topological polar surface area (TPSA) is 49.7 Å². The number of hydrogen-bond acceptors (Lipinski definition) is 2. The molecule has 6 heteroatoms. The van der Waals surface area contributed by atoms with E-state index in [0.29, 0.717) is 17.7 Å². The number of benzene rings is 2. The van der Waals surface area contributed by atoms with Crippen LogP contribution in [0.4, 0.5) is 4.39 Å². The molecule has 2 unspecified atom stereocenters. The minimum absolute atomic E-state index is 0.00885. The number of halogens is 1. The van der Waals surface area contributed by atoms with Crippen molar-refractivity contribution in [1.82, 2.24) is 4.90 Å². The molecule has 1 fully saturated rings. The number of hydrogen-bond donors (Lipinski definition) is 0. The molecule has 0 N–H and O–H groups in total. The van der Waals surface area contributed by atoms with Crippen LogP contribution in [0.25, 0.3) is 0 Å². The smallest absolute Gasteiger partial charge is 0.284 e. The predicted octanol–water partition coefficient (Wildman–Crippen LogP) is 3.94. The Bertz CT molecular complexity index is 870. The van der Waals surface area contributed by atoms with Crippen LogP contribution in [0.15, 0.2) is 63.9 Å². The van der Waals surface area contributed by atoms with E-state index >= 15 is 0 Å². The summed E-state index contributed by atoms with van der Waals surface area (Å²) >= 11 is 0. The zero-order valence-corrected chi connectivity index (χ0v) is 15.8. The summed E-state index contributed by atoms with van der Waals surface area (Å²) in [5.41, 5.74) is 0.763. The summed E-state index contributed by atoms with van der Waals surface area (Å²) in [5.74, 6) is 0.894. The molecule has 0 bridgehead atoms. The highest BCUT2D eigenvalue weighted by atomic mass is 32.2. The van der Waals surface area contributed by atoms with Gasteiger partial charge in [0.1, 0.15) is 11.7 Å². The minimum atomic E-state index is -3.93. The number of piperidine rings is 1. The van der Waals surface area contributed by atoms with E-state index in [0.717, 1.165) is 37.2 Å². The molecular formula is C20H23FN2O2S. The third-order valence-corrected chi connectivity index (χ3v) is 5.80. The molecule has 0 aliphatic carbocycles. The number of amidine groups is 1. The van der Waals surface area contributed by atoms with Gasteiger partial charge < -0.3 is 4.90 Å². The van der Waals surface area contributed by atoms with E-state index in [2.05, 4.69) is 23.1 Å². The second kappa shape index (κ2) is 7.58. The van der Waals surface area contributed by atoms with Crippen molar-refractivity contribution in [3.8, 4) is 0 Å². The van der Waals surface area contributed by atoms with Gasteiger partial charge in [-0.3, -0.25) is 0 Å². The van der Waals surface area contributed by atoms with Crippen molar-refractivity contribution in [1.29, 1.82) is 0 Å². The zero-order chi connectivity index (χ0) is 18.7. The van der Waals surface area contributed by atoms with Crippen LogP contribution in [0.2, 0.25) is 0 Å². The van der Waals surface area contributed by atoms with E-state index in [1.54, 1.807) is 0 Å². The summed E-state index contributed by atoms with van der Waals surface area (Å²) in [5, 5.41) is 0. The van der Waals surface area contributed by atoms with Gasteiger partial charge in [-0.1, -0.05) is 44.2 Å². The van der Waals surface area contributed by atoms with Crippen molar-refractivity contribution in [3.05, 3.63) is 66.0 Å². The molecule has 0 spiro atoms. The fraction of sp³-hybridized carbons (Fsp3) is 0.350. The van der Waals surface area contributed by atoms with Crippen LogP contribution in [-0.2, 0) is 10.0 Å². The van der Waals surface area contributed by atoms with Gasteiger partial charge in [-0.05, 0) is 42.5 Å². The summed E-state index contributed by atoms with van der Waals surface area (Å²) in [6.07, 6.45) is 1.11. The summed E-state index contributed by atoms with van der Waals surface area (Å²) in [4.78, 5) is 2.04. The highest BCUT2D eigenvalue weighted by Gasteiger charge is 2.27. The molecular weight excluding hydrogens is 351 g/mol. The van der Waals surface area contributed by atoms with Crippen LogP contribution in [0.5, 0.6) is 0 Å². The maximum Gasteiger partial charge on any atom is 0.284 e. The Morgan fingerprint density at radius 1 is 1.00 bits per heavy atom. The Hall–Kier alpha value is -2.21. The van der Waals surface area contributed by atoms with Crippen LogP contribution in [0, 0.1) is 17.7 Å². The molecule has 1 heterocycles. The fourth-order valence-electron chi connectivity index (χ4n) is 3.49. The third-order valence-electron chi connectivity index (χ3n) is 4.52. The van der Waals surface area contributed by atoms with Gasteiger partial charge in [0.25, 0.3) is 10.0 Å². The van der Waals surface area contributed by atoms with Crippen LogP contribution in [0.3, 0.4) is 0 Å². The second-order valence-electron chi connectivity index (χ2n) is 7.06. The molecule has 0 radical (unpaired) electrons. The number of likely N-dealkylation sites (tertiary alicyclic amines) is 1. The number of nitrogens with zero attached hydrogens (tertiary/aromatic N) is 2. The van der Waals surface area contributed by atoms with E-state index in [-0.39, 0.29) is 4.90 Å².